The Labute approximate surface area is 184 Å². The summed E-state index contributed by atoms with van der Waals surface area (Å²) < 4.78 is 1.81. The summed E-state index contributed by atoms with van der Waals surface area (Å²) in [6.07, 6.45) is 0. The number of aliphatic hydroxyl groups excluding tert-OH is 1. The van der Waals surface area contributed by atoms with E-state index in [1.54, 1.807) is 12.1 Å². The first-order chi connectivity index (χ1) is 15.7. The highest BCUT2D eigenvalue weighted by Gasteiger charge is 2.13. The fraction of sp³-hybridized carbons (Fsp3) is 0.0769. The Hall–Kier alpha value is -4.00. The highest BCUT2D eigenvalue weighted by molar-refractivity contribution is 6.08. The smallest absolute Gasteiger partial charge is 0.238 e. The van der Waals surface area contributed by atoms with E-state index in [9.17, 15) is 9.90 Å². The van der Waals surface area contributed by atoms with Crippen molar-refractivity contribution in [1.82, 2.24) is 9.78 Å². The Kier molecular flexibility index (Phi) is 5.15. The van der Waals surface area contributed by atoms with Crippen LogP contribution in [0.1, 0.15) is 5.69 Å². The Bertz CT molecular complexity index is 1440. The number of carbonyl (C=O) groups excluding carboxylic acids is 1. The summed E-state index contributed by atoms with van der Waals surface area (Å²) >= 11 is 0. The highest BCUT2D eigenvalue weighted by atomic mass is 16.3. The number of nitrogens with two attached hydrogens (primary N) is 1. The fourth-order valence-corrected chi connectivity index (χ4v) is 3.97. The molecule has 158 valence electrons. The van der Waals surface area contributed by atoms with E-state index in [1.165, 1.54) is 21.5 Å². The second-order valence-electron chi connectivity index (χ2n) is 7.61. The van der Waals surface area contributed by atoms with Crippen LogP contribution in [0, 0.1) is 0 Å². The van der Waals surface area contributed by atoms with Crippen molar-refractivity contribution >= 4 is 33.1 Å². The summed E-state index contributed by atoms with van der Waals surface area (Å²) in [6.45, 7) is -0.220. The third-order valence-corrected chi connectivity index (χ3v) is 5.55. The molecular formula is C26H22N4O2. The summed E-state index contributed by atoms with van der Waals surface area (Å²) in [4.78, 5) is 11.5. The van der Waals surface area contributed by atoms with Gasteiger partial charge in [0.2, 0.25) is 5.91 Å². The van der Waals surface area contributed by atoms with Crippen molar-refractivity contribution in [2.75, 3.05) is 11.9 Å². The van der Waals surface area contributed by atoms with Crippen molar-refractivity contribution in [2.45, 2.75) is 6.61 Å². The standard InChI is InChI=1S/C26H22N4O2/c27-15-26(32)28-20-9-11-22(12-10-20)30-25(14-21(16-31)29-30)19-8-7-18-6-5-17-3-1-2-4-23(17)24(18)13-19/h1-14,31H,15-16,27H2,(H,28,32). The molecule has 6 nitrogen and oxygen atoms in total. The summed E-state index contributed by atoms with van der Waals surface area (Å²) in [6, 6.07) is 28.2. The molecule has 0 unspecified atom stereocenters. The van der Waals surface area contributed by atoms with Gasteiger partial charge in [-0.1, -0.05) is 48.5 Å². The Balaban J connectivity index is 1.61. The zero-order valence-electron chi connectivity index (χ0n) is 17.3. The summed E-state index contributed by atoms with van der Waals surface area (Å²) in [5.41, 5.74) is 9.32. The number of nitrogens with zero attached hydrogens (tertiary/aromatic N) is 2. The molecular weight excluding hydrogens is 400 g/mol. The van der Waals surface area contributed by atoms with E-state index in [0.29, 0.717) is 11.4 Å². The van der Waals surface area contributed by atoms with Gasteiger partial charge in [0.15, 0.2) is 0 Å². The SMILES string of the molecule is NCC(=O)Nc1ccc(-n2nc(CO)cc2-c2ccc3ccc4ccccc4c3c2)cc1. The van der Waals surface area contributed by atoms with E-state index in [-0.39, 0.29) is 19.1 Å². The predicted octanol–water partition coefficient (Wildman–Crippen LogP) is 4.24. The van der Waals surface area contributed by atoms with Gasteiger partial charge in [-0.05, 0) is 57.9 Å². The first-order valence-electron chi connectivity index (χ1n) is 10.4. The fourth-order valence-electron chi connectivity index (χ4n) is 3.97. The third-order valence-electron chi connectivity index (χ3n) is 5.55. The van der Waals surface area contributed by atoms with Gasteiger partial charge in [0.1, 0.15) is 0 Å². The average Bonchev–Trinajstić information content (AvgIpc) is 3.28. The number of rotatable bonds is 5. The Morgan fingerprint density at radius 3 is 2.38 bits per heavy atom. The van der Waals surface area contributed by atoms with Crippen molar-refractivity contribution in [3.05, 3.63) is 90.6 Å². The Morgan fingerprint density at radius 1 is 0.906 bits per heavy atom. The average molecular weight is 422 g/mol. The quantitative estimate of drug-likeness (QED) is 0.370. The number of carbonyl (C=O) groups is 1. The molecule has 5 rings (SSSR count). The molecule has 4 aromatic carbocycles. The molecule has 0 saturated heterocycles. The molecule has 0 spiro atoms. The van der Waals surface area contributed by atoms with Gasteiger partial charge >= 0.3 is 0 Å². The minimum Gasteiger partial charge on any atom is -0.390 e. The number of benzene rings is 4. The highest BCUT2D eigenvalue weighted by Crippen LogP contribution is 2.31. The lowest BCUT2D eigenvalue weighted by atomic mass is 9.99. The van der Waals surface area contributed by atoms with Crippen LogP contribution >= 0.6 is 0 Å². The molecule has 0 atom stereocenters. The minimum atomic E-state index is -0.247. The van der Waals surface area contributed by atoms with E-state index in [0.717, 1.165) is 16.9 Å². The van der Waals surface area contributed by atoms with E-state index < -0.39 is 0 Å². The number of fused-ring (bicyclic) bond motifs is 3. The molecule has 1 aromatic heterocycles. The van der Waals surface area contributed by atoms with Crippen molar-refractivity contribution in [3.8, 4) is 16.9 Å². The second-order valence-corrected chi connectivity index (χ2v) is 7.61. The van der Waals surface area contributed by atoms with Gasteiger partial charge < -0.3 is 16.2 Å². The maximum Gasteiger partial charge on any atom is 0.238 e. The first kappa shape index (κ1) is 19.9. The third kappa shape index (κ3) is 3.62. The molecule has 6 heteroatoms. The Morgan fingerprint density at radius 2 is 1.62 bits per heavy atom. The minimum absolute atomic E-state index is 0.0679. The van der Waals surface area contributed by atoms with Gasteiger partial charge in [-0.15, -0.1) is 0 Å². The largest absolute Gasteiger partial charge is 0.390 e. The second kappa shape index (κ2) is 8.26. The lowest BCUT2D eigenvalue weighted by Gasteiger charge is -2.11. The zero-order valence-corrected chi connectivity index (χ0v) is 17.3. The molecule has 0 radical (unpaired) electrons. The molecule has 1 amide bonds. The van der Waals surface area contributed by atoms with Gasteiger partial charge in [0.05, 0.1) is 30.2 Å². The molecule has 0 fully saturated rings. The van der Waals surface area contributed by atoms with Gasteiger partial charge in [-0.2, -0.15) is 5.10 Å². The summed E-state index contributed by atoms with van der Waals surface area (Å²) in [5, 5.41) is 21.8. The van der Waals surface area contributed by atoms with Crippen LogP contribution in [0.5, 0.6) is 0 Å². The van der Waals surface area contributed by atoms with Gasteiger partial charge in [-0.3, -0.25) is 4.79 Å². The summed E-state index contributed by atoms with van der Waals surface area (Å²) in [5.74, 6) is -0.247. The van der Waals surface area contributed by atoms with Crippen LogP contribution in [-0.2, 0) is 11.4 Å². The van der Waals surface area contributed by atoms with Crippen LogP contribution in [0.25, 0.3) is 38.5 Å². The normalized spacial score (nSPS) is 11.2. The molecule has 5 aromatic rings. The van der Waals surface area contributed by atoms with Crippen molar-refractivity contribution < 1.29 is 9.90 Å². The van der Waals surface area contributed by atoms with Crippen molar-refractivity contribution in [2.24, 2.45) is 5.73 Å². The van der Waals surface area contributed by atoms with E-state index in [1.807, 2.05) is 35.0 Å². The van der Waals surface area contributed by atoms with Crippen molar-refractivity contribution in [3.63, 3.8) is 0 Å². The molecule has 0 aliphatic rings. The molecule has 4 N–H and O–H groups in total. The predicted molar refractivity (Wildman–Crippen MR) is 128 cm³/mol. The zero-order chi connectivity index (χ0) is 22.1. The summed E-state index contributed by atoms with van der Waals surface area (Å²) in [7, 11) is 0. The molecule has 0 aliphatic carbocycles. The molecule has 0 bridgehead atoms. The van der Waals surface area contributed by atoms with Gasteiger partial charge in [-0.25, -0.2) is 4.68 Å². The van der Waals surface area contributed by atoms with Crippen LogP contribution in [0.15, 0.2) is 84.9 Å². The van der Waals surface area contributed by atoms with Crippen LogP contribution in [0.2, 0.25) is 0 Å². The van der Waals surface area contributed by atoms with Gasteiger partial charge in [0.25, 0.3) is 0 Å². The lowest BCUT2D eigenvalue weighted by molar-refractivity contribution is -0.114. The van der Waals surface area contributed by atoms with Gasteiger partial charge in [0, 0.05) is 11.3 Å². The number of hydrogen-bond donors (Lipinski definition) is 3. The number of anilines is 1. The maximum atomic E-state index is 11.5. The monoisotopic (exact) mass is 422 g/mol. The maximum absolute atomic E-state index is 11.5. The molecule has 32 heavy (non-hydrogen) atoms. The number of aromatic nitrogens is 2. The van der Waals surface area contributed by atoms with Crippen LogP contribution in [0.3, 0.4) is 0 Å². The molecule has 0 saturated carbocycles. The number of amides is 1. The number of hydrogen-bond acceptors (Lipinski definition) is 4. The van der Waals surface area contributed by atoms with E-state index in [4.69, 9.17) is 5.73 Å². The van der Waals surface area contributed by atoms with E-state index in [2.05, 4.69) is 52.9 Å². The van der Waals surface area contributed by atoms with Crippen molar-refractivity contribution in [1.29, 1.82) is 0 Å². The number of aliphatic hydroxyl groups is 1. The van der Waals surface area contributed by atoms with Crippen LogP contribution in [0.4, 0.5) is 5.69 Å². The topological polar surface area (TPSA) is 93.2 Å². The molecule has 0 aliphatic heterocycles. The van der Waals surface area contributed by atoms with Crippen LogP contribution in [-0.4, -0.2) is 27.3 Å². The lowest BCUT2D eigenvalue weighted by Crippen LogP contribution is -2.21. The van der Waals surface area contributed by atoms with E-state index >= 15 is 0 Å². The van der Waals surface area contributed by atoms with Crippen LogP contribution < -0.4 is 11.1 Å². The first-order valence-corrected chi connectivity index (χ1v) is 10.4. The molecule has 1 heterocycles. The number of nitrogens with one attached hydrogen (secondary N) is 1.